The highest BCUT2D eigenvalue weighted by Gasteiger charge is 2.04. The molecule has 0 aromatic heterocycles. The number of hydrogen-bond acceptors (Lipinski definition) is 0. The van der Waals surface area contributed by atoms with Crippen molar-refractivity contribution in [2.24, 2.45) is 0 Å². The van der Waals surface area contributed by atoms with Gasteiger partial charge in [0.05, 0.1) is 10.0 Å². The molecule has 0 saturated heterocycles. The van der Waals surface area contributed by atoms with Gasteiger partial charge < -0.3 is 0 Å². The highest BCUT2D eigenvalue weighted by Crippen LogP contribution is 2.30. The van der Waals surface area contributed by atoms with Crippen LogP contribution < -0.4 is 0 Å². The van der Waals surface area contributed by atoms with E-state index in [1.54, 1.807) is 6.07 Å². The smallest absolute Gasteiger partial charge is 0.0578 e. The molecule has 0 bridgehead atoms. The van der Waals surface area contributed by atoms with Gasteiger partial charge in [0.1, 0.15) is 0 Å². The zero-order valence-electron chi connectivity index (χ0n) is 7.60. The summed E-state index contributed by atoms with van der Waals surface area (Å²) in [4.78, 5) is 0. The van der Waals surface area contributed by atoms with Crippen LogP contribution >= 0.6 is 34.8 Å². The van der Waals surface area contributed by atoms with Crippen molar-refractivity contribution in [1.82, 2.24) is 0 Å². The average Bonchev–Trinajstić information content (AvgIpc) is 2.17. The normalized spacial score (nSPS) is 10.3. The summed E-state index contributed by atoms with van der Waals surface area (Å²) in [5.74, 6) is 0. The maximum Gasteiger partial charge on any atom is 0.0578 e. The van der Waals surface area contributed by atoms with Crippen LogP contribution in [-0.2, 0) is 0 Å². The lowest BCUT2D eigenvalue weighted by molar-refractivity contribution is 1.61. The van der Waals surface area contributed by atoms with Gasteiger partial charge in [-0.3, -0.25) is 0 Å². The number of halogens is 3. The third-order valence-electron chi connectivity index (χ3n) is 2.00. The first-order valence-corrected chi connectivity index (χ1v) is 5.43. The van der Waals surface area contributed by atoms with Crippen LogP contribution in [0.25, 0.3) is 11.1 Å². The number of hydrogen-bond donors (Lipinski definition) is 0. The Hall–Kier alpha value is -0.690. The van der Waals surface area contributed by atoms with Gasteiger partial charge >= 0.3 is 0 Å². The topological polar surface area (TPSA) is 0 Å². The molecule has 0 saturated carbocycles. The first-order valence-electron chi connectivity index (χ1n) is 4.30. The predicted octanol–water partition coefficient (Wildman–Crippen LogP) is 5.11. The molecule has 0 spiro atoms. The minimum atomic E-state index is 0.504. The number of benzene rings is 2. The molecule has 0 amide bonds. The standard InChI is InChI=1S/C12H6Cl3/c13-9-3-1-2-8(6-9)11-5-4-10(14)7-12(11)15/h1-6H. The summed E-state index contributed by atoms with van der Waals surface area (Å²) in [7, 11) is 0. The van der Waals surface area contributed by atoms with Gasteiger partial charge in [0.2, 0.25) is 0 Å². The third kappa shape index (κ3) is 2.46. The first-order chi connectivity index (χ1) is 7.16. The van der Waals surface area contributed by atoms with Crippen LogP contribution in [0.2, 0.25) is 15.1 Å². The molecule has 0 nitrogen and oxygen atoms in total. The van der Waals surface area contributed by atoms with E-state index in [9.17, 15) is 0 Å². The van der Waals surface area contributed by atoms with Gasteiger partial charge in [0, 0.05) is 16.7 Å². The molecular formula is C12H6Cl3. The SMILES string of the molecule is Clc1[c]c(Cl)c(-c2cccc(Cl)c2)cc1. The second kappa shape index (κ2) is 4.44. The van der Waals surface area contributed by atoms with E-state index < -0.39 is 0 Å². The summed E-state index contributed by atoms with van der Waals surface area (Å²) >= 11 is 17.7. The Labute approximate surface area is 103 Å². The summed E-state index contributed by atoms with van der Waals surface area (Å²) in [6.45, 7) is 0. The summed E-state index contributed by atoms with van der Waals surface area (Å²) in [6.07, 6.45) is 0. The van der Waals surface area contributed by atoms with E-state index in [1.165, 1.54) is 0 Å². The van der Waals surface area contributed by atoms with Crippen molar-refractivity contribution in [1.29, 1.82) is 0 Å². The van der Waals surface area contributed by atoms with Gasteiger partial charge in [-0.15, -0.1) is 0 Å². The zero-order valence-corrected chi connectivity index (χ0v) is 9.87. The second-order valence-electron chi connectivity index (χ2n) is 3.04. The minimum absolute atomic E-state index is 0.504. The van der Waals surface area contributed by atoms with Crippen molar-refractivity contribution in [2.45, 2.75) is 0 Å². The monoisotopic (exact) mass is 255 g/mol. The molecule has 75 valence electrons. The van der Waals surface area contributed by atoms with E-state index in [0.717, 1.165) is 11.1 Å². The fourth-order valence-electron chi connectivity index (χ4n) is 1.32. The lowest BCUT2D eigenvalue weighted by atomic mass is 10.1. The minimum Gasteiger partial charge on any atom is -0.0843 e. The second-order valence-corrected chi connectivity index (χ2v) is 4.27. The molecule has 0 aliphatic heterocycles. The Kier molecular flexibility index (Phi) is 3.20. The molecule has 2 aromatic rings. The maximum atomic E-state index is 6.03. The zero-order chi connectivity index (χ0) is 10.8. The summed E-state index contributed by atoms with van der Waals surface area (Å²) < 4.78 is 0. The molecule has 0 aliphatic carbocycles. The van der Waals surface area contributed by atoms with Gasteiger partial charge in [-0.05, 0) is 23.8 Å². The van der Waals surface area contributed by atoms with E-state index in [2.05, 4.69) is 6.07 Å². The van der Waals surface area contributed by atoms with E-state index in [0.29, 0.717) is 15.1 Å². The fourth-order valence-corrected chi connectivity index (χ4v) is 1.99. The fraction of sp³-hybridized carbons (Fsp3) is 0. The molecule has 0 heterocycles. The van der Waals surface area contributed by atoms with Crippen molar-refractivity contribution in [3.8, 4) is 11.1 Å². The molecule has 15 heavy (non-hydrogen) atoms. The number of rotatable bonds is 1. The van der Waals surface area contributed by atoms with Crippen molar-refractivity contribution in [2.75, 3.05) is 0 Å². The predicted molar refractivity (Wildman–Crippen MR) is 65.7 cm³/mol. The maximum absolute atomic E-state index is 6.03. The van der Waals surface area contributed by atoms with E-state index in [1.807, 2.05) is 30.3 Å². The molecule has 0 atom stereocenters. The third-order valence-corrected chi connectivity index (χ3v) is 2.75. The van der Waals surface area contributed by atoms with Gasteiger partial charge in [-0.2, -0.15) is 0 Å². The van der Waals surface area contributed by atoms with Gasteiger partial charge in [0.25, 0.3) is 0 Å². The first kappa shape index (κ1) is 10.8. The Morgan fingerprint density at radius 3 is 2.40 bits per heavy atom. The van der Waals surface area contributed by atoms with E-state index in [4.69, 9.17) is 34.8 Å². The lowest BCUT2D eigenvalue weighted by Gasteiger charge is -2.04. The molecule has 0 aliphatic rings. The van der Waals surface area contributed by atoms with Gasteiger partial charge in [0.15, 0.2) is 0 Å². The lowest BCUT2D eigenvalue weighted by Crippen LogP contribution is -1.79. The van der Waals surface area contributed by atoms with Crippen LogP contribution in [0, 0.1) is 6.07 Å². The average molecular weight is 257 g/mol. The Balaban J connectivity index is 2.54. The molecule has 3 heteroatoms. The summed E-state index contributed by atoms with van der Waals surface area (Å²) in [5, 5.41) is 1.69. The summed E-state index contributed by atoms with van der Waals surface area (Å²) in [5.41, 5.74) is 1.84. The van der Waals surface area contributed by atoms with Crippen LogP contribution in [0.5, 0.6) is 0 Å². The van der Waals surface area contributed by atoms with Gasteiger partial charge in [-0.1, -0.05) is 53.0 Å². The van der Waals surface area contributed by atoms with Crippen molar-refractivity contribution in [3.05, 3.63) is 57.5 Å². The van der Waals surface area contributed by atoms with E-state index in [-0.39, 0.29) is 0 Å². The van der Waals surface area contributed by atoms with Crippen molar-refractivity contribution < 1.29 is 0 Å². The molecule has 0 N–H and O–H groups in total. The van der Waals surface area contributed by atoms with Crippen molar-refractivity contribution in [3.63, 3.8) is 0 Å². The van der Waals surface area contributed by atoms with E-state index >= 15 is 0 Å². The van der Waals surface area contributed by atoms with Crippen LogP contribution in [-0.4, -0.2) is 0 Å². The highest BCUT2D eigenvalue weighted by atomic mass is 35.5. The van der Waals surface area contributed by atoms with Crippen molar-refractivity contribution >= 4 is 34.8 Å². The van der Waals surface area contributed by atoms with Crippen LogP contribution in [0.4, 0.5) is 0 Å². The Bertz CT molecular complexity index is 492. The highest BCUT2D eigenvalue weighted by molar-refractivity contribution is 6.36. The quantitative estimate of drug-likeness (QED) is 0.665. The molecule has 1 radical (unpaired) electrons. The largest absolute Gasteiger partial charge is 0.0843 e. The molecule has 0 fully saturated rings. The van der Waals surface area contributed by atoms with Crippen LogP contribution in [0.3, 0.4) is 0 Å². The molecular weight excluding hydrogens is 250 g/mol. The van der Waals surface area contributed by atoms with Gasteiger partial charge in [-0.25, -0.2) is 0 Å². The van der Waals surface area contributed by atoms with Crippen LogP contribution in [0.15, 0.2) is 36.4 Å². The summed E-state index contributed by atoms with van der Waals surface area (Å²) in [6, 6.07) is 13.9. The Morgan fingerprint density at radius 1 is 0.933 bits per heavy atom. The molecule has 2 rings (SSSR count). The molecule has 0 unspecified atom stereocenters. The molecule has 2 aromatic carbocycles. The van der Waals surface area contributed by atoms with Crippen LogP contribution in [0.1, 0.15) is 0 Å². The Morgan fingerprint density at radius 2 is 1.73 bits per heavy atom.